The predicted molar refractivity (Wildman–Crippen MR) is 100 cm³/mol. The molecule has 3 rings (SSSR count). The molecule has 4 nitrogen and oxygen atoms in total. The predicted octanol–water partition coefficient (Wildman–Crippen LogP) is 4.08. The van der Waals surface area contributed by atoms with E-state index in [0.717, 1.165) is 23.2 Å². The third-order valence-electron chi connectivity index (χ3n) is 4.93. The zero-order valence-corrected chi connectivity index (χ0v) is 14.8. The van der Waals surface area contributed by atoms with E-state index in [1.54, 1.807) is 4.90 Å². The minimum absolute atomic E-state index is 0.0581. The van der Waals surface area contributed by atoms with Crippen LogP contribution in [0.25, 0.3) is 11.1 Å². The van der Waals surface area contributed by atoms with Crippen LogP contribution in [0.2, 0.25) is 0 Å². The van der Waals surface area contributed by atoms with E-state index in [4.69, 9.17) is 0 Å². The van der Waals surface area contributed by atoms with Crippen molar-refractivity contribution in [3.63, 3.8) is 0 Å². The second-order valence-electron chi connectivity index (χ2n) is 6.68. The van der Waals surface area contributed by atoms with Gasteiger partial charge in [0.15, 0.2) is 0 Å². The van der Waals surface area contributed by atoms with Gasteiger partial charge < -0.3 is 10.2 Å². The Hall–Kier alpha value is -2.62. The van der Waals surface area contributed by atoms with Crippen molar-refractivity contribution in [2.75, 3.05) is 11.9 Å². The smallest absolute Gasteiger partial charge is 0.250 e. The lowest BCUT2D eigenvalue weighted by Gasteiger charge is -2.49. The number of hydrogen-bond donors (Lipinski definition) is 1. The second-order valence-corrected chi connectivity index (χ2v) is 6.68. The number of nitrogens with zero attached hydrogens (tertiary/aromatic N) is 1. The van der Waals surface area contributed by atoms with Crippen LogP contribution in [-0.4, -0.2) is 28.8 Å². The number of nitrogens with one attached hydrogen (secondary N) is 1. The topological polar surface area (TPSA) is 49.4 Å². The fraction of sp³-hybridized carbons (Fsp3) is 0.333. The summed E-state index contributed by atoms with van der Waals surface area (Å²) >= 11 is 0. The van der Waals surface area contributed by atoms with Gasteiger partial charge in [-0.25, -0.2) is 0 Å². The van der Waals surface area contributed by atoms with Crippen LogP contribution in [0.15, 0.2) is 54.6 Å². The summed E-state index contributed by atoms with van der Waals surface area (Å²) in [5.41, 5.74) is 2.05. The van der Waals surface area contributed by atoms with E-state index >= 15 is 0 Å². The summed E-state index contributed by atoms with van der Waals surface area (Å²) in [6.45, 7) is 4.48. The molecule has 0 spiro atoms. The van der Waals surface area contributed by atoms with Gasteiger partial charge in [0.1, 0.15) is 5.54 Å². The molecule has 130 valence electrons. The van der Waals surface area contributed by atoms with Gasteiger partial charge in [0.25, 0.3) is 0 Å². The Kier molecular flexibility index (Phi) is 4.88. The van der Waals surface area contributed by atoms with Crippen LogP contribution < -0.4 is 5.32 Å². The molecule has 1 N–H and O–H groups in total. The van der Waals surface area contributed by atoms with Crippen LogP contribution in [0.4, 0.5) is 5.69 Å². The van der Waals surface area contributed by atoms with Gasteiger partial charge >= 0.3 is 0 Å². The molecule has 25 heavy (non-hydrogen) atoms. The van der Waals surface area contributed by atoms with E-state index in [-0.39, 0.29) is 11.8 Å². The molecule has 1 heterocycles. The molecule has 1 aliphatic heterocycles. The molecule has 0 aromatic heterocycles. The first-order chi connectivity index (χ1) is 12.1. The third-order valence-corrected chi connectivity index (χ3v) is 4.93. The van der Waals surface area contributed by atoms with Gasteiger partial charge in [-0.2, -0.15) is 0 Å². The summed E-state index contributed by atoms with van der Waals surface area (Å²) in [6.07, 6.45) is 1.98. The fourth-order valence-electron chi connectivity index (χ4n) is 3.26. The number of para-hydroxylation sites is 1. The summed E-state index contributed by atoms with van der Waals surface area (Å²) in [6, 6.07) is 17.7. The maximum absolute atomic E-state index is 12.9. The Morgan fingerprint density at radius 3 is 2.40 bits per heavy atom. The molecule has 1 unspecified atom stereocenters. The van der Waals surface area contributed by atoms with E-state index in [0.29, 0.717) is 19.4 Å². The van der Waals surface area contributed by atoms with Crippen molar-refractivity contribution in [3.05, 3.63) is 54.6 Å². The molecule has 0 bridgehead atoms. The van der Waals surface area contributed by atoms with Crippen LogP contribution in [0.5, 0.6) is 0 Å². The monoisotopic (exact) mass is 336 g/mol. The number of anilines is 1. The highest BCUT2D eigenvalue weighted by atomic mass is 16.2. The molecule has 2 aromatic rings. The Morgan fingerprint density at radius 2 is 1.76 bits per heavy atom. The molecule has 4 heteroatoms. The lowest BCUT2D eigenvalue weighted by atomic mass is 9.84. The number of amides is 2. The fourth-order valence-corrected chi connectivity index (χ4v) is 3.26. The summed E-state index contributed by atoms with van der Waals surface area (Å²) < 4.78 is 0. The minimum Gasteiger partial charge on any atom is -0.328 e. The molecule has 2 aromatic carbocycles. The SMILES string of the molecule is CCCC(=O)N1CCC1(C)C(=O)Nc1ccccc1-c1ccccc1. The number of benzene rings is 2. The quantitative estimate of drug-likeness (QED) is 0.894. The van der Waals surface area contributed by atoms with Crippen molar-refractivity contribution in [3.8, 4) is 11.1 Å². The number of hydrogen-bond acceptors (Lipinski definition) is 2. The number of rotatable bonds is 5. The average Bonchev–Trinajstić information content (AvgIpc) is 2.61. The highest BCUT2D eigenvalue weighted by Gasteiger charge is 2.49. The Bertz CT molecular complexity index is 772. The van der Waals surface area contributed by atoms with E-state index < -0.39 is 5.54 Å². The minimum atomic E-state index is -0.754. The first-order valence-corrected chi connectivity index (χ1v) is 8.82. The zero-order valence-electron chi connectivity index (χ0n) is 14.8. The lowest BCUT2D eigenvalue weighted by molar-refractivity contribution is -0.154. The molecule has 1 aliphatic rings. The van der Waals surface area contributed by atoms with Gasteiger partial charge in [0.2, 0.25) is 11.8 Å². The van der Waals surface area contributed by atoms with E-state index in [2.05, 4.69) is 5.32 Å². The first-order valence-electron chi connectivity index (χ1n) is 8.82. The average molecular weight is 336 g/mol. The van der Waals surface area contributed by atoms with E-state index in [9.17, 15) is 9.59 Å². The van der Waals surface area contributed by atoms with Crippen molar-refractivity contribution in [2.24, 2.45) is 0 Å². The van der Waals surface area contributed by atoms with Gasteiger partial charge in [-0.3, -0.25) is 9.59 Å². The third kappa shape index (κ3) is 3.29. The van der Waals surface area contributed by atoms with Crippen LogP contribution in [0.3, 0.4) is 0 Å². The number of likely N-dealkylation sites (tertiary alicyclic amines) is 1. The maximum Gasteiger partial charge on any atom is 0.250 e. The number of carbonyl (C=O) groups excluding carboxylic acids is 2. The molecule has 1 atom stereocenters. The van der Waals surface area contributed by atoms with E-state index in [1.165, 1.54) is 0 Å². The highest BCUT2D eigenvalue weighted by Crippen LogP contribution is 2.34. The second kappa shape index (κ2) is 7.09. The van der Waals surface area contributed by atoms with Gasteiger partial charge in [-0.15, -0.1) is 0 Å². The van der Waals surface area contributed by atoms with Crippen LogP contribution in [0, 0.1) is 0 Å². The van der Waals surface area contributed by atoms with Crippen LogP contribution >= 0.6 is 0 Å². The van der Waals surface area contributed by atoms with Gasteiger partial charge in [-0.1, -0.05) is 55.5 Å². The summed E-state index contributed by atoms with van der Waals surface area (Å²) in [5.74, 6) is -0.0608. The Labute approximate surface area is 148 Å². The first kappa shape index (κ1) is 17.2. The van der Waals surface area contributed by atoms with Crippen molar-refractivity contribution in [1.29, 1.82) is 0 Å². The molecule has 0 radical (unpaired) electrons. The van der Waals surface area contributed by atoms with Crippen molar-refractivity contribution in [1.82, 2.24) is 4.90 Å². The highest BCUT2D eigenvalue weighted by molar-refractivity contribution is 6.03. The molecule has 0 aliphatic carbocycles. The summed E-state index contributed by atoms with van der Waals surface area (Å²) in [4.78, 5) is 26.9. The normalized spacial score (nSPS) is 19.2. The van der Waals surface area contributed by atoms with Crippen LogP contribution in [-0.2, 0) is 9.59 Å². The van der Waals surface area contributed by atoms with Gasteiger partial charge in [0, 0.05) is 24.2 Å². The largest absolute Gasteiger partial charge is 0.328 e. The van der Waals surface area contributed by atoms with Crippen molar-refractivity contribution >= 4 is 17.5 Å². The van der Waals surface area contributed by atoms with Gasteiger partial charge in [0.05, 0.1) is 0 Å². The molecular formula is C21H24N2O2. The Balaban J connectivity index is 1.81. The summed E-state index contributed by atoms with van der Waals surface area (Å²) in [5, 5.41) is 3.05. The zero-order chi connectivity index (χ0) is 17.9. The lowest BCUT2D eigenvalue weighted by Crippen LogP contribution is -2.66. The molecule has 0 saturated carbocycles. The maximum atomic E-state index is 12.9. The van der Waals surface area contributed by atoms with Gasteiger partial charge in [-0.05, 0) is 31.4 Å². The van der Waals surface area contributed by atoms with Crippen molar-refractivity contribution in [2.45, 2.75) is 38.6 Å². The molecule has 2 amide bonds. The molecule has 1 saturated heterocycles. The summed E-state index contributed by atoms with van der Waals surface area (Å²) in [7, 11) is 0. The van der Waals surface area contributed by atoms with Crippen molar-refractivity contribution < 1.29 is 9.59 Å². The number of carbonyl (C=O) groups is 2. The van der Waals surface area contributed by atoms with Crippen LogP contribution in [0.1, 0.15) is 33.1 Å². The standard InChI is InChI=1S/C21H24N2O2/c1-3-9-19(24)23-15-14-21(23,2)20(25)22-18-13-8-7-12-17(18)16-10-5-4-6-11-16/h4-8,10-13H,3,9,14-15H2,1-2H3,(H,22,25). The molecule has 1 fully saturated rings. The van der Waals surface area contributed by atoms with E-state index in [1.807, 2.05) is 68.4 Å². The molecular weight excluding hydrogens is 312 g/mol. The Morgan fingerprint density at radius 1 is 1.08 bits per heavy atom.